The van der Waals surface area contributed by atoms with Gasteiger partial charge in [0.2, 0.25) is 5.91 Å². The molecule has 28 heavy (non-hydrogen) atoms. The third-order valence-corrected chi connectivity index (χ3v) is 6.16. The minimum absolute atomic E-state index is 0.114. The average molecular weight is 390 g/mol. The van der Waals surface area contributed by atoms with Gasteiger partial charge in [-0.2, -0.15) is 0 Å². The lowest BCUT2D eigenvalue weighted by Gasteiger charge is -2.36. The zero-order chi connectivity index (χ0) is 19.2. The second-order valence-electron chi connectivity index (χ2n) is 7.09. The van der Waals surface area contributed by atoms with Gasteiger partial charge < -0.3 is 9.80 Å². The quantitative estimate of drug-likeness (QED) is 0.666. The molecule has 0 atom stereocenters. The molecular weight excluding hydrogens is 364 g/mol. The Morgan fingerprint density at radius 2 is 1.50 bits per heavy atom. The summed E-state index contributed by atoms with van der Waals surface area (Å²) in [6, 6.07) is 25.8. The summed E-state index contributed by atoms with van der Waals surface area (Å²) in [5.41, 5.74) is 2.67. The maximum atomic E-state index is 12.5. The molecule has 4 heteroatoms. The number of carbonyl (C=O) groups is 1. The number of thiophene rings is 1. The van der Waals surface area contributed by atoms with E-state index in [0.717, 1.165) is 31.1 Å². The molecule has 1 N–H and O–H groups in total. The average Bonchev–Trinajstić information content (AvgIpc) is 3.28. The van der Waals surface area contributed by atoms with Crippen LogP contribution in [0.3, 0.4) is 0 Å². The van der Waals surface area contributed by atoms with Crippen molar-refractivity contribution in [2.45, 2.75) is 6.04 Å². The van der Waals surface area contributed by atoms with E-state index < -0.39 is 0 Å². The Morgan fingerprint density at radius 1 is 0.893 bits per heavy atom. The van der Waals surface area contributed by atoms with Crippen LogP contribution in [0.15, 0.2) is 84.3 Å². The van der Waals surface area contributed by atoms with Crippen LogP contribution < -0.4 is 4.90 Å². The monoisotopic (exact) mass is 389 g/mol. The lowest BCUT2D eigenvalue weighted by Crippen LogP contribution is -3.15. The van der Waals surface area contributed by atoms with Gasteiger partial charge in [-0.3, -0.25) is 4.79 Å². The first kappa shape index (κ1) is 18.7. The van der Waals surface area contributed by atoms with Crippen LogP contribution in [-0.2, 0) is 4.79 Å². The third kappa shape index (κ3) is 4.41. The van der Waals surface area contributed by atoms with Crippen molar-refractivity contribution in [3.63, 3.8) is 0 Å². The number of quaternary nitrogens is 1. The molecule has 2 aromatic carbocycles. The number of amides is 1. The number of piperazine rings is 1. The molecule has 0 aliphatic carbocycles. The van der Waals surface area contributed by atoms with Crippen molar-refractivity contribution in [2.75, 3.05) is 26.2 Å². The Hall–Kier alpha value is -2.69. The summed E-state index contributed by atoms with van der Waals surface area (Å²) in [7, 11) is 0. The zero-order valence-electron chi connectivity index (χ0n) is 15.8. The molecule has 142 valence electrons. The second kappa shape index (κ2) is 9.00. The van der Waals surface area contributed by atoms with Crippen LogP contribution in [0.1, 0.15) is 22.0 Å². The molecule has 0 bridgehead atoms. The summed E-state index contributed by atoms with van der Waals surface area (Å²) in [6.45, 7) is 3.48. The van der Waals surface area contributed by atoms with Gasteiger partial charge in [-0.25, -0.2) is 0 Å². The molecule has 1 aliphatic rings. The van der Waals surface area contributed by atoms with Crippen LogP contribution in [0.4, 0.5) is 0 Å². The largest absolute Gasteiger partial charge is 0.328 e. The lowest BCUT2D eigenvalue weighted by molar-refractivity contribution is -0.929. The van der Waals surface area contributed by atoms with E-state index in [4.69, 9.17) is 0 Å². The highest BCUT2D eigenvalue weighted by molar-refractivity contribution is 7.10. The van der Waals surface area contributed by atoms with Gasteiger partial charge in [0.1, 0.15) is 6.04 Å². The van der Waals surface area contributed by atoms with Crippen LogP contribution in [0.2, 0.25) is 0 Å². The first-order valence-electron chi connectivity index (χ1n) is 9.76. The standard InChI is InChI=1S/C24H24N2OS/c27-23(14-13-22-12-7-19-28-22)25-15-17-26(18-16-25)24(20-8-3-1-4-9-20)21-10-5-2-6-11-21/h1-14,19,24H,15-18H2/p+1/b14-13+. The van der Waals surface area contributed by atoms with Gasteiger partial charge in [-0.1, -0.05) is 66.7 Å². The van der Waals surface area contributed by atoms with Crippen LogP contribution in [0.5, 0.6) is 0 Å². The Kier molecular flexibility index (Phi) is 6.00. The highest BCUT2D eigenvalue weighted by Gasteiger charge is 2.30. The molecule has 1 fully saturated rings. The van der Waals surface area contributed by atoms with Crippen molar-refractivity contribution in [1.29, 1.82) is 0 Å². The predicted octanol–water partition coefficient (Wildman–Crippen LogP) is 3.28. The molecule has 4 rings (SSSR count). The van der Waals surface area contributed by atoms with E-state index >= 15 is 0 Å². The van der Waals surface area contributed by atoms with Gasteiger partial charge in [-0.05, 0) is 17.5 Å². The first-order valence-corrected chi connectivity index (χ1v) is 10.6. The Balaban J connectivity index is 1.45. The highest BCUT2D eigenvalue weighted by Crippen LogP contribution is 2.19. The normalized spacial score (nSPS) is 15.4. The van der Waals surface area contributed by atoms with Gasteiger partial charge in [-0.15, -0.1) is 11.3 Å². The van der Waals surface area contributed by atoms with E-state index in [9.17, 15) is 4.79 Å². The summed E-state index contributed by atoms with van der Waals surface area (Å²) >= 11 is 1.65. The Morgan fingerprint density at radius 3 is 2.04 bits per heavy atom. The van der Waals surface area contributed by atoms with Crippen molar-refractivity contribution in [1.82, 2.24) is 4.90 Å². The molecule has 0 spiro atoms. The molecule has 2 heterocycles. The summed E-state index contributed by atoms with van der Waals surface area (Å²) in [4.78, 5) is 17.2. The van der Waals surface area contributed by atoms with E-state index in [1.807, 2.05) is 28.5 Å². The number of hydrogen-bond acceptors (Lipinski definition) is 2. The van der Waals surface area contributed by atoms with Crippen molar-refractivity contribution < 1.29 is 9.69 Å². The molecule has 3 nitrogen and oxygen atoms in total. The van der Waals surface area contributed by atoms with Crippen LogP contribution >= 0.6 is 11.3 Å². The van der Waals surface area contributed by atoms with Crippen LogP contribution in [0.25, 0.3) is 6.08 Å². The molecule has 0 unspecified atom stereocenters. The Labute approximate surface area is 170 Å². The molecular formula is C24H25N2OS+. The molecule has 0 saturated carbocycles. The smallest absolute Gasteiger partial charge is 0.247 e. The maximum absolute atomic E-state index is 12.5. The number of rotatable bonds is 5. The van der Waals surface area contributed by atoms with Crippen molar-refractivity contribution in [2.24, 2.45) is 0 Å². The van der Waals surface area contributed by atoms with Gasteiger partial charge >= 0.3 is 0 Å². The van der Waals surface area contributed by atoms with E-state index in [1.165, 1.54) is 16.0 Å². The number of hydrogen-bond donors (Lipinski definition) is 1. The van der Waals surface area contributed by atoms with Crippen LogP contribution in [0, 0.1) is 0 Å². The second-order valence-corrected chi connectivity index (χ2v) is 8.07. The van der Waals surface area contributed by atoms with Gasteiger partial charge in [0.15, 0.2) is 0 Å². The molecule has 1 aliphatic heterocycles. The van der Waals surface area contributed by atoms with Crippen LogP contribution in [-0.4, -0.2) is 37.0 Å². The van der Waals surface area contributed by atoms with E-state index in [0.29, 0.717) is 6.04 Å². The van der Waals surface area contributed by atoms with Crippen molar-refractivity contribution in [3.05, 3.63) is 100 Å². The molecule has 3 aromatic rings. The predicted molar refractivity (Wildman–Crippen MR) is 115 cm³/mol. The number of nitrogens with one attached hydrogen (secondary N) is 1. The summed E-state index contributed by atoms with van der Waals surface area (Å²) in [5, 5.41) is 2.03. The lowest BCUT2D eigenvalue weighted by atomic mass is 9.96. The third-order valence-electron chi connectivity index (χ3n) is 5.32. The Bertz CT molecular complexity index is 859. The van der Waals surface area contributed by atoms with Crippen molar-refractivity contribution >= 4 is 23.3 Å². The summed E-state index contributed by atoms with van der Waals surface area (Å²) in [5.74, 6) is 0.114. The molecule has 1 aromatic heterocycles. The van der Waals surface area contributed by atoms with E-state index in [1.54, 1.807) is 17.4 Å². The molecule has 1 saturated heterocycles. The topological polar surface area (TPSA) is 24.8 Å². The number of benzene rings is 2. The SMILES string of the molecule is O=C(/C=C/c1cccs1)N1CC[NH+](C(c2ccccc2)c2ccccc2)CC1. The maximum Gasteiger partial charge on any atom is 0.247 e. The fourth-order valence-corrected chi connectivity index (χ4v) is 4.52. The molecule has 0 radical (unpaired) electrons. The summed E-state index contributed by atoms with van der Waals surface area (Å²) in [6.07, 6.45) is 3.63. The highest BCUT2D eigenvalue weighted by atomic mass is 32.1. The van der Waals surface area contributed by atoms with Gasteiger partial charge in [0.05, 0.1) is 26.2 Å². The summed E-state index contributed by atoms with van der Waals surface area (Å²) < 4.78 is 0. The zero-order valence-corrected chi connectivity index (χ0v) is 16.6. The molecule has 1 amide bonds. The number of nitrogens with zero attached hydrogens (tertiary/aromatic N) is 1. The van der Waals surface area contributed by atoms with Gasteiger partial charge in [0, 0.05) is 22.1 Å². The fourth-order valence-electron chi connectivity index (χ4n) is 3.90. The van der Waals surface area contributed by atoms with E-state index in [-0.39, 0.29) is 5.91 Å². The number of carbonyl (C=O) groups excluding carboxylic acids is 1. The minimum Gasteiger partial charge on any atom is -0.328 e. The fraction of sp³-hybridized carbons (Fsp3) is 0.208. The van der Waals surface area contributed by atoms with Gasteiger partial charge in [0.25, 0.3) is 0 Å². The first-order chi connectivity index (χ1) is 13.8. The van der Waals surface area contributed by atoms with E-state index in [2.05, 4.69) is 60.7 Å². The van der Waals surface area contributed by atoms with Crippen molar-refractivity contribution in [3.8, 4) is 0 Å². The minimum atomic E-state index is 0.114.